The van der Waals surface area contributed by atoms with Crippen LogP contribution in [0.4, 0.5) is 0 Å². The number of nitrogens with one attached hydrogen (secondary N) is 1. The average Bonchev–Trinajstić information content (AvgIpc) is 3.12. The van der Waals surface area contributed by atoms with E-state index in [-0.39, 0.29) is 11.7 Å². The van der Waals surface area contributed by atoms with E-state index in [1.165, 1.54) is 32.1 Å². The van der Waals surface area contributed by atoms with Crippen LogP contribution in [0.25, 0.3) is 0 Å². The Morgan fingerprint density at radius 2 is 2.00 bits per heavy atom. The highest BCUT2D eigenvalue weighted by Gasteiger charge is 2.59. The third-order valence-corrected chi connectivity index (χ3v) is 5.27. The average molecular weight is 250 g/mol. The molecule has 1 N–H and O–H groups in total. The molecule has 18 heavy (non-hydrogen) atoms. The van der Waals surface area contributed by atoms with Crippen LogP contribution >= 0.6 is 0 Å². The zero-order chi connectivity index (χ0) is 12.8. The first kappa shape index (κ1) is 12.5. The Bertz CT molecular complexity index is 331. The van der Waals surface area contributed by atoms with Crippen LogP contribution in [0.3, 0.4) is 0 Å². The van der Waals surface area contributed by atoms with Crippen molar-refractivity contribution >= 4 is 5.91 Å². The second kappa shape index (κ2) is 4.52. The summed E-state index contributed by atoms with van der Waals surface area (Å²) in [6.45, 7) is 4.41. The van der Waals surface area contributed by atoms with Gasteiger partial charge >= 0.3 is 0 Å². The molecule has 0 aromatic rings. The molecule has 2 saturated carbocycles. The highest BCUT2D eigenvalue weighted by molar-refractivity contribution is 5.92. The maximum Gasteiger partial charge on any atom is 0.244 e. The normalized spacial score (nSPS) is 33.1. The van der Waals surface area contributed by atoms with Crippen molar-refractivity contribution in [3.63, 3.8) is 0 Å². The van der Waals surface area contributed by atoms with E-state index < -0.39 is 0 Å². The van der Waals surface area contributed by atoms with E-state index in [0.29, 0.717) is 11.9 Å². The van der Waals surface area contributed by atoms with Crippen LogP contribution in [0.5, 0.6) is 0 Å². The number of carbonyl (C=O) groups is 1. The van der Waals surface area contributed by atoms with Gasteiger partial charge in [-0.3, -0.25) is 10.1 Å². The van der Waals surface area contributed by atoms with Gasteiger partial charge < -0.3 is 4.90 Å². The second-order valence-electron chi connectivity index (χ2n) is 6.49. The fourth-order valence-corrected chi connectivity index (χ4v) is 4.15. The van der Waals surface area contributed by atoms with Gasteiger partial charge in [-0.25, -0.2) is 0 Å². The molecule has 0 radical (unpaired) electrons. The Kier molecular flexibility index (Phi) is 3.13. The van der Waals surface area contributed by atoms with Crippen molar-refractivity contribution in [1.82, 2.24) is 10.2 Å². The fraction of sp³-hybridized carbons (Fsp3) is 0.933. The van der Waals surface area contributed by atoms with Gasteiger partial charge in [0.25, 0.3) is 0 Å². The maximum absolute atomic E-state index is 12.6. The van der Waals surface area contributed by atoms with E-state index in [1.54, 1.807) is 0 Å². The van der Waals surface area contributed by atoms with E-state index in [2.05, 4.69) is 24.1 Å². The van der Waals surface area contributed by atoms with Gasteiger partial charge in [-0.1, -0.05) is 26.2 Å². The van der Waals surface area contributed by atoms with Crippen molar-refractivity contribution in [2.24, 2.45) is 5.92 Å². The summed E-state index contributed by atoms with van der Waals surface area (Å²) in [7, 11) is 0. The lowest BCUT2D eigenvalue weighted by molar-refractivity contribution is -0.134. The Hall–Kier alpha value is -0.570. The first-order valence-corrected chi connectivity index (χ1v) is 7.78. The minimum atomic E-state index is -0.137. The third kappa shape index (κ3) is 1.87. The number of nitrogens with zero attached hydrogens (tertiary/aromatic N) is 1. The molecule has 0 aromatic heterocycles. The minimum absolute atomic E-state index is 0.137. The molecule has 0 aromatic carbocycles. The Morgan fingerprint density at radius 3 is 2.50 bits per heavy atom. The first-order valence-electron chi connectivity index (χ1n) is 7.78. The van der Waals surface area contributed by atoms with Crippen LogP contribution in [0.2, 0.25) is 0 Å². The lowest BCUT2D eigenvalue weighted by Gasteiger charge is -2.38. The summed E-state index contributed by atoms with van der Waals surface area (Å²) < 4.78 is 0. The molecule has 3 rings (SSSR count). The molecule has 3 nitrogen and oxygen atoms in total. The molecule has 3 heteroatoms. The number of amides is 1. The van der Waals surface area contributed by atoms with Crippen molar-refractivity contribution in [2.45, 2.75) is 83.0 Å². The van der Waals surface area contributed by atoms with E-state index in [0.717, 1.165) is 25.2 Å². The Morgan fingerprint density at radius 1 is 1.33 bits per heavy atom. The molecule has 1 saturated heterocycles. The summed E-state index contributed by atoms with van der Waals surface area (Å²) in [5.74, 6) is 1.14. The van der Waals surface area contributed by atoms with Gasteiger partial charge in [0.2, 0.25) is 5.91 Å². The standard InChI is InChI=1S/C15H26N2O/c1-3-13(12-7-5-4-6-8-12)17-11(2)16-15(9-10-15)14(17)18/h11-13,16H,3-10H2,1-2H3. The smallest absolute Gasteiger partial charge is 0.244 e. The lowest BCUT2D eigenvalue weighted by Crippen LogP contribution is -2.47. The molecule has 3 aliphatic rings. The van der Waals surface area contributed by atoms with Crippen molar-refractivity contribution in [2.75, 3.05) is 0 Å². The predicted molar refractivity (Wildman–Crippen MR) is 72.1 cm³/mol. The van der Waals surface area contributed by atoms with Crippen LogP contribution in [0, 0.1) is 5.92 Å². The summed E-state index contributed by atoms with van der Waals surface area (Å²) in [6.07, 6.45) is 10.2. The van der Waals surface area contributed by atoms with Gasteiger partial charge in [0.15, 0.2) is 0 Å². The molecular formula is C15H26N2O. The molecule has 2 aliphatic carbocycles. The summed E-state index contributed by atoms with van der Waals surface area (Å²) in [5.41, 5.74) is -0.137. The largest absolute Gasteiger partial charge is 0.323 e. The van der Waals surface area contributed by atoms with E-state index >= 15 is 0 Å². The van der Waals surface area contributed by atoms with E-state index in [9.17, 15) is 4.79 Å². The third-order valence-electron chi connectivity index (χ3n) is 5.27. The first-order chi connectivity index (χ1) is 8.68. The number of hydrogen-bond acceptors (Lipinski definition) is 2. The minimum Gasteiger partial charge on any atom is -0.323 e. The lowest BCUT2D eigenvalue weighted by atomic mass is 9.82. The van der Waals surface area contributed by atoms with Crippen molar-refractivity contribution in [1.29, 1.82) is 0 Å². The van der Waals surface area contributed by atoms with Crippen molar-refractivity contribution in [3.8, 4) is 0 Å². The zero-order valence-corrected chi connectivity index (χ0v) is 11.7. The Balaban J connectivity index is 1.76. The molecule has 2 atom stereocenters. The second-order valence-corrected chi connectivity index (χ2v) is 6.49. The topological polar surface area (TPSA) is 32.3 Å². The summed E-state index contributed by atoms with van der Waals surface area (Å²) >= 11 is 0. The maximum atomic E-state index is 12.6. The van der Waals surface area contributed by atoms with Gasteiger partial charge in [0.1, 0.15) is 0 Å². The van der Waals surface area contributed by atoms with Gasteiger partial charge in [-0.05, 0) is 44.9 Å². The number of rotatable bonds is 3. The molecule has 1 heterocycles. The van der Waals surface area contributed by atoms with Crippen LogP contribution in [0.1, 0.15) is 65.2 Å². The van der Waals surface area contributed by atoms with Gasteiger partial charge in [-0.15, -0.1) is 0 Å². The Labute approximate surface area is 110 Å². The van der Waals surface area contributed by atoms with E-state index in [1.807, 2.05) is 0 Å². The van der Waals surface area contributed by atoms with Gasteiger partial charge in [0, 0.05) is 6.04 Å². The molecule has 1 aliphatic heterocycles. The number of hydrogen-bond donors (Lipinski definition) is 1. The summed E-state index contributed by atoms with van der Waals surface area (Å²) in [6, 6.07) is 0.472. The van der Waals surface area contributed by atoms with E-state index in [4.69, 9.17) is 0 Å². The van der Waals surface area contributed by atoms with Crippen LogP contribution in [0.15, 0.2) is 0 Å². The SMILES string of the molecule is CCC(C1CCCCC1)N1C(=O)C2(CC2)NC1C. The monoisotopic (exact) mass is 250 g/mol. The molecule has 2 unspecified atom stereocenters. The molecular weight excluding hydrogens is 224 g/mol. The van der Waals surface area contributed by atoms with Crippen molar-refractivity contribution in [3.05, 3.63) is 0 Å². The number of carbonyl (C=O) groups excluding carboxylic acids is 1. The molecule has 3 fully saturated rings. The molecule has 102 valence electrons. The zero-order valence-electron chi connectivity index (χ0n) is 11.7. The van der Waals surface area contributed by atoms with Crippen LogP contribution in [-0.2, 0) is 4.79 Å². The summed E-state index contributed by atoms with van der Waals surface area (Å²) in [4.78, 5) is 14.8. The van der Waals surface area contributed by atoms with Crippen LogP contribution < -0.4 is 5.32 Å². The predicted octanol–water partition coefficient (Wildman–Crippen LogP) is 2.66. The molecule has 1 amide bonds. The fourth-order valence-electron chi connectivity index (χ4n) is 4.15. The highest BCUT2D eigenvalue weighted by Crippen LogP contribution is 2.44. The van der Waals surface area contributed by atoms with Crippen LogP contribution in [-0.4, -0.2) is 28.6 Å². The summed E-state index contributed by atoms with van der Waals surface area (Å²) in [5, 5.41) is 3.53. The molecule has 0 bridgehead atoms. The quantitative estimate of drug-likeness (QED) is 0.835. The van der Waals surface area contributed by atoms with Gasteiger partial charge in [-0.2, -0.15) is 0 Å². The molecule has 1 spiro atoms. The van der Waals surface area contributed by atoms with Crippen molar-refractivity contribution < 1.29 is 4.79 Å². The van der Waals surface area contributed by atoms with Gasteiger partial charge in [0.05, 0.1) is 11.7 Å². The highest BCUT2D eigenvalue weighted by atomic mass is 16.2.